The monoisotopic (exact) mass is 672 g/mol. The number of aromatic nitrogens is 4. The first kappa shape index (κ1) is 34.1. The van der Waals surface area contributed by atoms with Crippen molar-refractivity contribution in [1.82, 2.24) is 24.8 Å². The lowest BCUT2D eigenvalue weighted by atomic mass is 10.0. The molecule has 48 heavy (non-hydrogen) atoms. The lowest BCUT2D eigenvalue weighted by Crippen LogP contribution is -2.40. The molecule has 0 radical (unpaired) electrons. The number of hydrogen-bond acceptors (Lipinski definition) is 7. The Morgan fingerprint density at radius 2 is 1.92 bits per heavy atom. The summed E-state index contributed by atoms with van der Waals surface area (Å²) >= 11 is 6.25. The van der Waals surface area contributed by atoms with Crippen LogP contribution in [0.15, 0.2) is 82.8 Å². The minimum Gasteiger partial charge on any atom is -0.370 e. The van der Waals surface area contributed by atoms with Crippen LogP contribution in [0.25, 0.3) is 28.0 Å². The van der Waals surface area contributed by atoms with E-state index in [0.29, 0.717) is 59.7 Å². The lowest BCUT2D eigenvalue weighted by Gasteiger charge is -2.19. The standard InChI is InChI=1S/C34H38ClFN10O2/c1-20(37)5-4-6-21-15-26(30(36)27(35)16-21)28-17-23-19-46(34(48)45-31(23)44-28)25-10-8-22(9-11-25)32(47)43-24(12-14-41-33(38)39)18-42-29-7-2-3-13-40-29/h2-3,7-11,13,15-17,19-20,24H,4-6,12,14,18,37H2,1H3,(H,40,42)(H,43,47)(H4,38,39,41)(H,44,45,48)/t20-,24+/m0/s1. The van der Waals surface area contributed by atoms with E-state index in [1.165, 1.54) is 4.57 Å². The molecule has 14 heteroatoms. The predicted octanol–water partition coefficient (Wildman–Crippen LogP) is 4.11. The number of fused-ring (bicyclic) bond motifs is 1. The van der Waals surface area contributed by atoms with Crippen LogP contribution in [0.5, 0.6) is 0 Å². The molecule has 2 atom stereocenters. The molecule has 0 aliphatic heterocycles. The fraction of sp³-hybridized carbons (Fsp3) is 0.265. The largest absolute Gasteiger partial charge is 0.370 e. The van der Waals surface area contributed by atoms with Gasteiger partial charge in [-0.15, -0.1) is 0 Å². The fourth-order valence-corrected chi connectivity index (χ4v) is 5.49. The molecule has 0 unspecified atom stereocenters. The number of pyridine rings is 1. The Morgan fingerprint density at radius 3 is 2.62 bits per heavy atom. The number of amides is 1. The van der Waals surface area contributed by atoms with E-state index in [-0.39, 0.29) is 34.5 Å². The second-order valence-electron chi connectivity index (χ2n) is 11.6. The van der Waals surface area contributed by atoms with Crippen molar-refractivity contribution in [3.8, 4) is 16.9 Å². The Balaban J connectivity index is 1.33. The molecule has 0 aliphatic carbocycles. The summed E-state index contributed by atoms with van der Waals surface area (Å²) in [5.41, 5.74) is 19.1. The van der Waals surface area contributed by atoms with Crippen molar-refractivity contribution < 1.29 is 9.18 Å². The van der Waals surface area contributed by atoms with E-state index in [9.17, 15) is 9.59 Å². The first-order valence-electron chi connectivity index (χ1n) is 15.5. The van der Waals surface area contributed by atoms with Crippen LogP contribution in [0.1, 0.15) is 42.1 Å². The van der Waals surface area contributed by atoms with E-state index in [2.05, 4.69) is 30.6 Å². The van der Waals surface area contributed by atoms with Crippen molar-refractivity contribution in [3.63, 3.8) is 0 Å². The first-order valence-corrected chi connectivity index (χ1v) is 15.9. The molecule has 0 fully saturated rings. The molecule has 0 aliphatic rings. The molecule has 0 saturated carbocycles. The summed E-state index contributed by atoms with van der Waals surface area (Å²) in [5.74, 6) is -0.226. The number of aliphatic imine (C=N–C) groups is 1. The zero-order valence-electron chi connectivity index (χ0n) is 26.4. The van der Waals surface area contributed by atoms with E-state index in [1.807, 2.05) is 25.1 Å². The Bertz CT molecular complexity index is 1960. The molecule has 12 nitrogen and oxygen atoms in total. The quantitative estimate of drug-likeness (QED) is 0.0749. The zero-order chi connectivity index (χ0) is 34.2. The maximum absolute atomic E-state index is 15.2. The number of carbonyl (C=O) groups is 1. The second-order valence-corrected chi connectivity index (χ2v) is 12.0. The van der Waals surface area contributed by atoms with Crippen LogP contribution in [0.4, 0.5) is 10.2 Å². The van der Waals surface area contributed by atoms with Crippen molar-refractivity contribution in [2.24, 2.45) is 22.2 Å². The molecule has 0 bridgehead atoms. The lowest BCUT2D eigenvalue weighted by molar-refractivity contribution is 0.0937. The van der Waals surface area contributed by atoms with Crippen LogP contribution in [-0.4, -0.2) is 56.6 Å². The van der Waals surface area contributed by atoms with Gasteiger partial charge < -0.3 is 32.8 Å². The van der Waals surface area contributed by atoms with Gasteiger partial charge in [-0.1, -0.05) is 17.7 Å². The van der Waals surface area contributed by atoms with E-state index >= 15 is 4.39 Å². The van der Waals surface area contributed by atoms with Crippen LogP contribution in [0.2, 0.25) is 5.02 Å². The number of guanidine groups is 1. The average molecular weight is 673 g/mol. The van der Waals surface area contributed by atoms with Gasteiger partial charge in [-0.25, -0.2) is 14.2 Å². The Kier molecular flexibility index (Phi) is 11.0. The van der Waals surface area contributed by atoms with Crippen molar-refractivity contribution in [1.29, 1.82) is 0 Å². The number of benzene rings is 2. The molecule has 3 heterocycles. The number of halogens is 2. The summed E-state index contributed by atoms with van der Waals surface area (Å²) in [6, 6.07) is 16.9. The number of nitrogens with zero attached hydrogens (tertiary/aromatic N) is 4. The van der Waals surface area contributed by atoms with Crippen LogP contribution >= 0.6 is 11.6 Å². The minimum absolute atomic E-state index is 0.0168. The summed E-state index contributed by atoms with van der Waals surface area (Å²) in [6.07, 6.45) is 6.16. The summed E-state index contributed by atoms with van der Waals surface area (Å²) in [7, 11) is 0. The normalized spacial score (nSPS) is 12.4. The summed E-state index contributed by atoms with van der Waals surface area (Å²) in [4.78, 5) is 41.7. The second kappa shape index (κ2) is 15.5. The van der Waals surface area contributed by atoms with E-state index in [1.54, 1.807) is 54.9 Å². The van der Waals surface area contributed by atoms with E-state index < -0.39 is 11.5 Å². The molecule has 5 rings (SSSR count). The van der Waals surface area contributed by atoms with Gasteiger partial charge in [-0.2, -0.15) is 4.98 Å². The van der Waals surface area contributed by atoms with Gasteiger partial charge in [-0.3, -0.25) is 14.4 Å². The Labute approximate surface area is 281 Å². The highest BCUT2D eigenvalue weighted by Crippen LogP contribution is 2.31. The smallest absolute Gasteiger partial charge is 0.354 e. The van der Waals surface area contributed by atoms with Crippen LogP contribution in [0.3, 0.4) is 0 Å². The van der Waals surface area contributed by atoms with Gasteiger partial charge >= 0.3 is 5.69 Å². The van der Waals surface area contributed by atoms with Gasteiger partial charge in [0.2, 0.25) is 0 Å². The topological polar surface area (TPSA) is 195 Å². The number of aromatic amines is 1. The van der Waals surface area contributed by atoms with Gasteiger partial charge in [0.25, 0.3) is 5.91 Å². The Hall–Kier alpha value is -5.27. The molecule has 9 N–H and O–H groups in total. The molecule has 2 aromatic carbocycles. The number of aryl methyl sites for hydroxylation is 1. The molecular formula is C34H38ClFN10O2. The first-order chi connectivity index (χ1) is 23.1. The van der Waals surface area contributed by atoms with Crippen molar-refractivity contribution in [2.75, 3.05) is 18.4 Å². The fourth-order valence-electron chi connectivity index (χ4n) is 5.25. The zero-order valence-corrected chi connectivity index (χ0v) is 27.2. The number of nitrogens with two attached hydrogens (primary N) is 3. The third kappa shape index (κ3) is 8.75. The summed E-state index contributed by atoms with van der Waals surface area (Å²) in [6.45, 7) is 2.67. The van der Waals surface area contributed by atoms with Gasteiger partial charge in [0.1, 0.15) is 11.5 Å². The van der Waals surface area contributed by atoms with Crippen molar-refractivity contribution in [3.05, 3.63) is 106 Å². The van der Waals surface area contributed by atoms with Crippen LogP contribution in [-0.2, 0) is 6.42 Å². The highest BCUT2D eigenvalue weighted by molar-refractivity contribution is 6.31. The number of hydrogen-bond donors (Lipinski definition) is 6. The number of nitrogens with one attached hydrogen (secondary N) is 3. The number of anilines is 1. The van der Waals surface area contributed by atoms with Gasteiger partial charge in [0, 0.05) is 54.1 Å². The number of rotatable bonds is 14. The van der Waals surface area contributed by atoms with Crippen LogP contribution < -0.4 is 33.5 Å². The molecule has 3 aromatic heterocycles. The van der Waals surface area contributed by atoms with Gasteiger partial charge in [-0.05, 0) is 92.8 Å². The van der Waals surface area contributed by atoms with Gasteiger partial charge in [0.15, 0.2) is 11.8 Å². The minimum atomic E-state index is -0.561. The molecular weight excluding hydrogens is 635 g/mol. The van der Waals surface area contributed by atoms with E-state index in [0.717, 1.165) is 18.4 Å². The van der Waals surface area contributed by atoms with Crippen molar-refractivity contribution in [2.45, 2.75) is 44.7 Å². The maximum Gasteiger partial charge on any atom is 0.354 e. The highest BCUT2D eigenvalue weighted by atomic mass is 35.5. The third-order valence-electron chi connectivity index (χ3n) is 7.72. The summed E-state index contributed by atoms with van der Waals surface area (Å²) in [5, 5.41) is 6.82. The number of H-pyrrole nitrogens is 1. The highest BCUT2D eigenvalue weighted by Gasteiger charge is 2.17. The molecule has 250 valence electrons. The summed E-state index contributed by atoms with van der Waals surface area (Å²) < 4.78 is 16.5. The SMILES string of the molecule is C[C@H](N)CCCc1cc(Cl)c(F)c(-c2cc3cn(-c4ccc(C(=O)N[C@H](CCN=C(N)N)CNc5ccccn5)cc4)c(=O)nc3[nH]2)c1. The van der Waals surface area contributed by atoms with E-state index in [4.69, 9.17) is 28.8 Å². The molecule has 5 aromatic rings. The number of carbonyl (C=O) groups excluding carboxylic acids is 1. The third-order valence-corrected chi connectivity index (χ3v) is 8.00. The van der Waals surface area contributed by atoms with Gasteiger partial charge in [0.05, 0.1) is 16.4 Å². The maximum atomic E-state index is 15.2. The molecule has 1 amide bonds. The van der Waals surface area contributed by atoms with Crippen molar-refractivity contribution >= 4 is 40.3 Å². The predicted molar refractivity (Wildman–Crippen MR) is 188 cm³/mol. The average Bonchev–Trinajstić information content (AvgIpc) is 3.47. The molecule has 0 spiro atoms. The van der Waals surface area contributed by atoms with Crippen LogP contribution in [0, 0.1) is 5.82 Å². The Morgan fingerprint density at radius 1 is 1.12 bits per heavy atom. The molecule has 0 saturated heterocycles.